The number of allylic oxidation sites excluding steroid dienone is 2. The molecule has 2 aliphatic heterocycles. The van der Waals surface area contributed by atoms with Crippen LogP contribution in [0, 0.1) is 35.5 Å². The van der Waals surface area contributed by atoms with Crippen molar-refractivity contribution in [1.29, 1.82) is 0 Å². The summed E-state index contributed by atoms with van der Waals surface area (Å²) in [5.74, 6) is -3.30. The molecule has 3 aromatic rings. The average Bonchev–Trinajstić information content (AvgIpc) is 3.78. The summed E-state index contributed by atoms with van der Waals surface area (Å²) < 4.78 is 5.56. The molecule has 2 saturated heterocycles. The molecule has 43 heavy (non-hydrogen) atoms. The van der Waals surface area contributed by atoms with Gasteiger partial charge in [0, 0.05) is 12.1 Å². The fourth-order valence-corrected chi connectivity index (χ4v) is 9.25. The summed E-state index contributed by atoms with van der Waals surface area (Å²) in [4.78, 5) is 57.6. The van der Waals surface area contributed by atoms with Crippen LogP contribution in [0.15, 0.2) is 90.0 Å². The second-order valence-electron chi connectivity index (χ2n) is 12.4. The maximum absolute atomic E-state index is 14.6. The molecule has 8 heteroatoms. The summed E-state index contributed by atoms with van der Waals surface area (Å²) in [5, 5.41) is 5.72. The minimum atomic E-state index is -1.17. The van der Waals surface area contributed by atoms with Crippen LogP contribution in [0.25, 0.3) is 0 Å². The van der Waals surface area contributed by atoms with Crippen molar-refractivity contribution in [2.24, 2.45) is 40.6 Å². The van der Waals surface area contributed by atoms with E-state index in [0.717, 1.165) is 33.7 Å². The number of anilines is 1. The van der Waals surface area contributed by atoms with Gasteiger partial charge < -0.3 is 4.74 Å². The van der Waals surface area contributed by atoms with Gasteiger partial charge in [-0.2, -0.15) is 10.1 Å². The fraction of sp³-hybridized carbons (Fsp3) is 0.286. The van der Waals surface area contributed by atoms with Gasteiger partial charge in [0.25, 0.3) is 11.8 Å². The van der Waals surface area contributed by atoms with Crippen molar-refractivity contribution in [2.75, 3.05) is 12.0 Å². The number of hydrogen-bond acceptors (Lipinski definition) is 6. The molecular weight excluding hydrogens is 542 g/mol. The SMILES string of the molecule is COc1ccccc1N1C(=O)[C@@H]2C3c4ccccc4C(/C=N\N4C(=O)[C@@H]5[C@H](C4=O)[C@H]4C=C[C@H]5C4)(c4ccccc43)[C@@H]2C1=O. The largest absolute Gasteiger partial charge is 0.495 e. The van der Waals surface area contributed by atoms with Crippen molar-refractivity contribution < 1.29 is 23.9 Å². The van der Waals surface area contributed by atoms with Crippen molar-refractivity contribution in [1.82, 2.24) is 5.01 Å². The van der Waals surface area contributed by atoms with Gasteiger partial charge >= 0.3 is 0 Å². The Kier molecular flexibility index (Phi) is 4.81. The van der Waals surface area contributed by atoms with E-state index in [4.69, 9.17) is 4.74 Å². The van der Waals surface area contributed by atoms with Gasteiger partial charge in [-0.1, -0.05) is 72.8 Å². The number of amides is 4. The number of methoxy groups -OCH3 is 1. The molecule has 0 aromatic heterocycles. The fourth-order valence-electron chi connectivity index (χ4n) is 9.25. The van der Waals surface area contributed by atoms with Gasteiger partial charge in [-0.05, 0) is 52.6 Å². The van der Waals surface area contributed by atoms with Crippen LogP contribution in [-0.4, -0.2) is 42.0 Å². The summed E-state index contributed by atoms with van der Waals surface area (Å²) in [6.07, 6.45) is 6.56. The molecule has 0 spiro atoms. The van der Waals surface area contributed by atoms with E-state index in [-0.39, 0.29) is 53.2 Å². The Labute approximate surface area is 247 Å². The number of hydrogen-bond donors (Lipinski definition) is 0. The molecule has 2 heterocycles. The first kappa shape index (κ1) is 24.7. The van der Waals surface area contributed by atoms with Gasteiger partial charge in [0.05, 0.1) is 41.9 Å². The Morgan fingerprint density at radius 1 is 0.744 bits per heavy atom. The van der Waals surface area contributed by atoms with Gasteiger partial charge in [-0.3, -0.25) is 19.2 Å². The maximum atomic E-state index is 14.6. The highest BCUT2D eigenvalue weighted by Gasteiger charge is 2.68. The van der Waals surface area contributed by atoms with Crippen LogP contribution in [0.2, 0.25) is 0 Å². The number of nitrogens with zero attached hydrogens (tertiary/aromatic N) is 3. The smallest absolute Gasteiger partial charge is 0.254 e. The molecular formula is C35H27N3O5. The van der Waals surface area contributed by atoms with E-state index in [1.165, 1.54) is 12.0 Å². The summed E-state index contributed by atoms with van der Waals surface area (Å²) in [6, 6.07) is 22.7. The molecule has 0 N–H and O–H groups in total. The minimum absolute atomic E-state index is 0.0595. The second kappa shape index (κ2) is 8.37. The van der Waals surface area contributed by atoms with Crippen LogP contribution < -0.4 is 9.64 Å². The molecule has 212 valence electrons. The normalized spacial score (nSPS) is 34.3. The molecule has 10 rings (SSSR count). The molecule has 1 saturated carbocycles. The molecule has 3 aromatic carbocycles. The third-order valence-electron chi connectivity index (χ3n) is 10.8. The lowest BCUT2D eigenvalue weighted by atomic mass is 9.47. The molecule has 5 aliphatic carbocycles. The average molecular weight is 570 g/mol. The van der Waals surface area contributed by atoms with Crippen LogP contribution in [0.5, 0.6) is 5.75 Å². The topological polar surface area (TPSA) is 96.3 Å². The zero-order chi connectivity index (χ0) is 29.2. The van der Waals surface area contributed by atoms with Gasteiger partial charge in [-0.25, -0.2) is 4.90 Å². The lowest BCUT2D eigenvalue weighted by Crippen LogP contribution is -2.55. The lowest BCUT2D eigenvalue weighted by Gasteiger charge is -2.52. The first-order valence-electron chi connectivity index (χ1n) is 14.8. The molecule has 8 nitrogen and oxygen atoms in total. The minimum Gasteiger partial charge on any atom is -0.495 e. The van der Waals surface area contributed by atoms with Crippen LogP contribution in [-0.2, 0) is 24.6 Å². The van der Waals surface area contributed by atoms with Crippen molar-refractivity contribution in [3.8, 4) is 5.75 Å². The van der Waals surface area contributed by atoms with Crippen molar-refractivity contribution in [2.45, 2.75) is 17.8 Å². The van der Waals surface area contributed by atoms with E-state index in [2.05, 4.69) is 17.3 Å². The van der Waals surface area contributed by atoms with E-state index >= 15 is 0 Å². The molecule has 7 aliphatic rings. The highest BCUT2D eigenvalue weighted by atomic mass is 16.5. The molecule has 0 radical (unpaired) electrons. The third-order valence-corrected chi connectivity index (χ3v) is 10.8. The Bertz CT molecular complexity index is 1780. The van der Waals surface area contributed by atoms with Crippen LogP contribution in [0.3, 0.4) is 0 Å². The highest BCUT2D eigenvalue weighted by molar-refractivity contribution is 6.25. The Hall–Kier alpha value is -4.85. The number of carbonyl (C=O) groups is 4. The summed E-state index contributed by atoms with van der Waals surface area (Å²) in [7, 11) is 1.52. The number of rotatable bonds is 4. The van der Waals surface area contributed by atoms with Crippen LogP contribution >= 0.6 is 0 Å². The number of para-hydroxylation sites is 2. The molecule has 3 fully saturated rings. The van der Waals surface area contributed by atoms with Crippen molar-refractivity contribution >= 4 is 35.5 Å². The summed E-state index contributed by atoms with van der Waals surface area (Å²) >= 11 is 0. The second-order valence-corrected chi connectivity index (χ2v) is 12.4. The van der Waals surface area contributed by atoms with E-state index in [1.54, 1.807) is 30.5 Å². The molecule has 6 atom stereocenters. The molecule has 4 amide bonds. The Morgan fingerprint density at radius 2 is 1.33 bits per heavy atom. The maximum Gasteiger partial charge on any atom is 0.254 e. The quantitative estimate of drug-likeness (QED) is 0.269. The van der Waals surface area contributed by atoms with Gasteiger partial charge in [0.1, 0.15) is 5.75 Å². The van der Waals surface area contributed by atoms with Gasteiger partial charge in [0.15, 0.2) is 0 Å². The zero-order valence-electron chi connectivity index (χ0n) is 23.3. The Morgan fingerprint density at radius 3 is 1.95 bits per heavy atom. The number of benzene rings is 3. The zero-order valence-corrected chi connectivity index (χ0v) is 23.3. The van der Waals surface area contributed by atoms with Crippen molar-refractivity contribution in [3.63, 3.8) is 0 Å². The first-order valence-corrected chi connectivity index (χ1v) is 14.8. The summed E-state index contributed by atoms with van der Waals surface area (Å²) in [5.41, 5.74) is 2.87. The number of hydrazone groups is 1. The number of carbonyl (C=O) groups excluding carboxylic acids is 4. The van der Waals surface area contributed by atoms with E-state index in [0.29, 0.717) is 11.4 Å². The van der Waals surface area contributed by atoms with Gasteiger partial charge in [-0.15, -0.1) is 0 Å². The molecule has 0 unspecified atom stereocenters. The third kappa shape index (κ3) is 2.84. The number of ether oxygens (including phenoxy) is 1. The van der Waals surface area contributed by atoms with Crippen LogP contribution in [0.1, 0.15) is 34.6 Å². The predicted molar refractivity (Wildman–Crippen MR) is 156 cm³/mol. The lowest BCUT2D eigenvalue weighted by molar-refractivity contribution is -0.140. The van der Waals surface area contributed by atoms with Crippen molar-refractivity contribution in [3.05, 3.63) is 107 Å². The number of imide groups is 2. The van der Waals surface area contributed by atoms with Crippen LogP contribution in [0.4, 0.5) is 5.69 Å². The number of fused-ring (bicyclic) bond motifs is 5. The van der Waals surface area contributed by atoms with Gasteiger partial charge in [0.2, 0.25) is 11.8 Å². The summed E-state index contributed by atoms with van der Waals surface area (Å²) in [6.45, 7) is 0. The monoisotopic (exact) mass is 569 g/mol. The van der Waals surface area contributed by atoms with E-state index in [1.807, 2.05) is 48.5 Å². The standard InChI is InChI=1S/C35H27N3O5/c1-43-25-13-7-6-12-24(25)37-31(39)29-28-20-8-2-4-10-22(20)35(30(29)34(37)42,23-11-5-3-9-21(23)28)17-36-38-32(40)26-18-14-15-19(16-18)27(26)33(38)41/h2-15,17-19,26-30H,16H2,1H3/b36-17-/t18-,19-,26-,27+,28?,29+,30-,35?/m0/s1. The Balaban J connectivity index is 1.25. The van der Waals surface area contributed by atoms with E-state index < -0.39 is 17.3 Å². The first-order chi connectivity index (χ1) is 21.0. The highest BCUT2D eigenvalue weighted by Crippen LogP contribution is 2.64. The predicted octanol–water partition coefficient (Wildman–Crippen LogP) is 4.04. The molecule has 4 bridgehead atoms. The van der Waals surface area contributed by atoms with E-state index in [9.17, 15) is 19.2 Å².